The summed E-state index contributed by atoms with van der Waals surface area (Å²) in [4.78, 5) is 0. The van der Waals surface area contributed by atoms with Crippen molar-refractivity contribution in [1.29, 1.82) is 0 Å². The zero-order valence-electron chi connectivity index (χ0n) is 12.0. The van der Waals surface area contributed by atoms with E-state index in [1.165, 1.54) is 19.3 Å². The van der Waals surface area contributed by atoms with Crippen molar-refractivity contribution in [3.63, 3.8) is 0 Å². The Kier molecular flexibility index (Phi) is 5.23. The topological polar surface area (TPSA) is 47.3 Å². The zero-order chi connectivity index (χ0) is 13.7. The van der Waals surface area contributed by atoms with Crippen LogP contribution in [0.5, 0.6) is 5.75 Å². The fraction of sp³-hybridized carbons (Fsp3) is 0.625. The summed E-state index contributed by atoms with van der Waals surface area (Å²) in [6, 6.07) is 10.2. The molecule has 3 N–H and O–H groups in total. The summed E-state index contributed by atoms with van der Waals surface area (Å²) < 4.78 is 5.84. The van der Waals surface area contributed by atoms with Crippen LogP contribution in [0.1, 0.15) is 33.1 Å². The van der Waals surface area contributed by atoms with E-state index in [2.05, 4.69) is 19.3 Å². The number of nitrogens with one attached hydrogen (secondary N) is 1. The predicted octanol–water partition coefficient (Wildman–Crippen LogP) is 2.97. The second-order valence-electron chi connectivity index (χ2n) is 6.07. The fourth-order valence-electron chi connectivity index (χ4n) is 3.36. The third kappa shape index (κ3) is 4.22. The Hall–Kier alpha value is -1.06. The molecule has 1 saturated carbocycles. The van der Waals surface area contributed by atoms with Gasteiger partial charge in [-0.1, -0.05) is 32.0 Å². The van der Waals surface area contributed by atoms with Gasteiger partial charge in [0.05, 0.1) is 6.04 Å². The average molecular weight is 262 g/mol. The third-order valence-corrected chi connectivity index (χ3v) is 4.17. The van der Waals surface area contributed by atoms with Crippen molar-refractivity contribution in [2.45, 2.75) is 39.2 Å². The highest BCUT2D eigenvalue weighted by atomic mass is 16.5. The van der Waals surface area contributed by atoms with Crippen LogP contribution in [0.2, 0.25) is 0 Å². The van der Waals surface area contributed by atoms with E-state index in [1.807, 2.05) is 30.3 Å². The minimum atomic E-state index is 0.241. The molecule has 0 aromatic heterocycles. The summed E-state index contributed by atoms with van der Waals surface area (Å²) in [6.45, 7) is 5.33. The molecule has 19 heavy (non-hydrogen) atoms. The highest BCUT2D eigenvalue weighted by Crippen LogP contribution is 2.34. The molecule has 3 atom stereocenters. The maximum atomic E-state index is 5.84. The Labute approximate surface area is 116 Å². The first-order chi connectivity index (χ1) is 9.19. The number of nitrogens with two attached hydrogens (primary N) is 1. The van der Waals surface area contributed by atoms with Crippen LogP contribution in [0.15, 0.2) is 30.3 Å². The molecule has 1 aromatic rings. The minimum Gasteiger partial charge on any atom is -0.492 e. The molecule has 3 nitrogen and oxygen atoms in total. The maximum Gasteiger partial charge on any atom is 0.119 e. The van der Waals surface area contributed by atoms with Crippen LogP contribution >= 0.6 is 0 Å². The SMILES string of the molecule is CC1CC(C)CC(C(COc2ccccc2)NN)C1. The van der Waals surface area contributed by atoms with Gasteiger partial charge in [-0.25, -0.2) is 0 Å². The summed E-state index contributed by atoms with van der Waals surface area (Å²) in [6.07, 6.45) is 3.84. The van der Waals surface area contributed by atoms with E-state index in [1.54, 1.807) is 0 Å². The van der Waals surface area contributed by atoms with Crippen molar-refractivity contribution in [2.24, 2.45) is 23.6 Å². The lowest BCUT2D eigenvalue weighted by Gasteiger charge is -2.36. The van der Waals surface area contributed by atoms with Crippen molar-refractivity contribution in [3.8, 4) is 5.75 Å². The zero-order valence-corrected chi connectivity index (χ0v) is 12.0. The first-order valence-electron chi connectivity index (χ1n) is 7.33. The molecule has 0 amide bonds. The van der Waals surface area contributed by atoms with Crippen LogP contribution in [0.25, 0.3) is 0 Å². The Morgan fingerprint density at radius 1 is 1.16 bits per heavy atom. The quantitative estimate of drug-likeness (QED) is 0.633. The molecule has 0 heterocycles. The van der Waals surface area contributed by atoms with Gasteiger partial charge in [-0.05, 0) is 49.1 Å². The van der Waals surface area contributed by atoms with E-state index in [0.717, 1.165) is 17.6 Å². The monoisotopic (exact) mass is 262 g/mol. The summed E-state index contributed by atoms with van der Waals surface area (Å²) in [5, 5.41) is 0. The van der Waals surface area contributed by atoms with E-state index in [4.69, 9.17) is 10.6 Å². The van der Waals surface area contributed by atoms with Crippen LogP contribution < -0.4 is 16.0 Å². The predicted molar refractivity (Wildman–Crippen MR) is 78.7 cm³/mol. The first-order valence-corrected chi connectivity index (χ1v) is 7.33. The van der Waals surface area contributed by atoms with Gasteiger partial charge in [0.2, 0.25) is 0 Å². The molecular weight excluding hydrogens is 236 g/mol. The van der Waals surface area contributed by atoms with E-state index >= 15 is 0 Å². The summed E-state index contributed by atoms with van der Waals surface area (Å²) in [5.74, 6) is 8.85. The van der Waals surface area contributed by atoms with Crippen LogP contribution in [0, 0.1) is 17.8 Å². The Morgan fingerprint density at radius 2 is 1.79 bits per heavy atom. The number of rotatable bonds is 5. The normalized spacial score (nSPS) is 28.9. The standard InChI is InChI=1S/C16H26N2O/c1-12-8-13(2)10-14(9-12)16(18-17)11-19-15-6-4-3-5-7-15/h3-7,12-14,16,18H,8-11,17H2,1-2H3. The molecule has 1 fully saturated rings. The second-order valence-corrected chi connectivity index (χ2v) is 6.07. The third-order valence-electron chi connectivity index (χ3n) is 4.17. The number of benzene rings is 1. The summed E-state index contributed by atoms with van der Waals surface area (Å²) in [7, 11) is 0. The second kappa shape index (κ2) is 6.92. The van der Waals surface area contributed by atoms with E-state index in [9.17, 15) is 0 Å². The molecule has 2 rings (SSSR count). The average Bonchev–Trinajstić information content (AvgIpc) is 2.39. The fourth-order valence-corrected chi connectivity index (χ4v) is 3.36. The highest BCUT2D eigenvalue weighted by Gasteiger charge is 2.29. The van der Waals surface area contributed by atoms with E-state index in [0.29, 0.717) is 12.5 Å². The lowest BCUT2D eigenvalue weighted by Crippen LogP contribution is -2.47. The number of para-hydroxylation sites is 1. The Balaban J connectivity index is 1.89. The smallest absolute Gasteiger partial charge is 0.119 e. The highest BCUT2D eigenvalue weighted by molar-refractivity contribution is 5.20. The number of ether oxygens (including phenoxy) is 1. The summed E-state index contributed by atoms with van der Waals surface area (Å²) >= 11 is 0. The van der Waals surface area contributed by atoms with E-state index in [-0.39, 0.29) is 6.04 Å². The summed E-state index contributed by atoms with van der Waals surface area (Å²) in [5.41, 5.74) is 2.96. The van der Waals surface area contributed by atoms with Crippen LogP contribution in [0.4, 0.5) is 0 Å². The van der Waals surface area contributed by atoms with Gasteiger partial charge >= 0.3 is 0 Å². The minimum absolute atomic E-state index is 0.241. The molecule has 3 unspecified atom stereocenters. The molecule has 0 bridgehead atoms. The van der Waals surface area contributed by atoms with Crippen LogP contribution in [0.3, 0.4) is 0 Å². The Bertz CT molecular complexity index is 358. The molecule has 0 saturated heterocycles. The molecule has 1 aromatic carbocycles. The lowest BCUT2D eigenvalue weighted by molar-refractivity contribution is 0.138. The number of hydrazine groups is 1. The van der Waals surface area contributed by atoms with Crippen molar-refractivity contribution >= 4 is 0 Å². The molecule has 1 aliphatic rings. The number of hydrogen-bond acceptors (Lipinski definition) is 3. The molecule has 0 spiro atoms. The van der Waals surface area contributed by atoms with Gasteiger partial charge in [-0.2, -0.15) is 0 Å². The maximum absolute atomic E-state index is 5.84. The van der Waals surface area contributed by atoms with Gasteiger partial charge in [0, 0.05) is 0 Å². The largest absolute Gasteiger partial charge is 0.492 e. The molecule has 3 heteroatoms. The van der Waals surface area contributed by atoms with Gasteiger partial charge in [0.25, 0.3) is 0 Å². The van der Waals surface area contributed by atoms with Gasteiger partial charge in [0.1, 0.15) is 12.4 Å². The van der Waals surface area contributed by atoms with Crippen molar-refractivity contribution < 1.29 is 4.74 Å². The van der Waals surface area contributed by atoms with Gasteiger partial charge < -0.3 is 4.74 Å². The molecular formula is C16H26N2O. The van der Waals surface area contributed by atoms with Gasteiger partial charge in [0.15, 0.2) is 0 Å². The Morgan fingerprint density at radius 3 is 2.37 bits per heavy atom. The number of hydrogen-bond donors (Lipinski definition) is 2. The molecule has 0 radical (unpaired) electrons. The van der Waals surface area contributed by atoms with Gasteiger partial charge in [-0.3, -0.25) is 11.3 Å². The molecule has 106 valence electrons. The van der Waals surface area contributed by atoms with Crippen molar-refractivity contribution in [2.75, 3.05) is 6.61 Å². The van der Waals surface area contributed by atoms with Gasteiger partial charge in [-0.15, -0.1) is 0 Å². The molecule has 1 aliphatic carbocycles. The lowest BCUT2D eigenvalue weighted by atomic mass is 9.74. The van der Waals surface area contributed by atoms with E-state index < -0.39 is 0 Å². The first kappa shape index (κ1) is 14.4. The van der Waals surface area contributed by atoms with Crippen molar-refractivity contribution in [1.82, 2.24) is 5.43 Å². The molecule has 0 aliphatic heterocycles. The van der Waals surface area contributed by atoms with Crippen LogP contribution in [-0.2, 0) is 0 Å². The van der Waals surface area contributed by atoms with Crippen LogP contribution in [-0.4, -0.2) is 12.6 Å². The van der Waals surface area contributed by atoms with Crippen molar-refractivity contribution in [3.05, 3.63) is 30.3 Å².